The van der Waals surface area contributed by atoms with E-state index in [1.54, 1.807) is 60.3 Å². The zero-order valence-corrected chi connectivity index (χ0v) is 58.8. The van der Waals surface area contributed by atoms with Crippen LogP contribution in [0.3, 0.4) is 0 Å². The summed E-state index contributed by atoms with van der Waals surface area (Å²) in [6, 6.07) is 62.6. The largest absolute Gasteiger partial charge is 0.382 e. The van der Waals surface area contributed by atoms with Gasteiger partial charge in [-0.3, -0.25) is 28.9 Å². The summed E-state index contributed by atoms with van der Waals surface area (Å²) in [6.45, 7) is 19.8. The van der Waals surface area contributed by atoms with E-state index < -0.39 is 27.9 Å². The Morgan fingerprint density at radius 3 is 1.38 bits per heavy atom. The zero-order valence-electron chi connectivity index (χ0n) is 58.0. The summed E-state index contributed by atoms with van der Waals surface area (Å²) in [5, 5.41) is 19.6. The van der Waals surface area contributed by atoms with Gasteiger partial charge in [-0.15, -0.1) is 11.8 Å². The fourth-order valence-electron chi connectivity index (χ4n) is 12.6. The molecule has 1 saturated carbocycles. The number of ketones is 5. The Balaban J connectivity index is 0.000000195. The van der Waals surface area contributed by atoms with Gasteiger partial charge in [-0.05, 0) is 116 Å². The maximum absolute atomic E-state index is 13.8. The first-order valence-electron chi connectivity index (χ1n) is 33.0. The smallest absolute Gasteiger partial charge is 0.260 e. The molecule has 1 unspecified atom stereocenters. The molecule has 0 aromatic heterocycles. The number of thioether (sulfide) groups is 1. The number of hydrogen-bond donors (Lipinski definition) is 2. The highest BCUT2D eigenvalue weighted by Gasteiger charge is 2.50. The van der Waals surface area contributed by atoms with E-state index in [1.165, 1.54) is 38.5 Å². The van der Waals surface area contributed by atoms with Gasteiger partial charge < -0.3 is 39.0 Å². The van der Waals surface area contributed by atoms with Crippen LogP contribution in [0.5, 0.6) is 0 Å². The molecule has 95 heavy (non-hydrogen) atoms. The Bertz CT molecular complexity index is 3450. The molecule has 0 radical (unpaired) electrons. The standard InChI is InChI=1S/C26H36N2O2.C16H16O3.C15H21NO2S.C13H16O2.C10H12O2/c1-6-26(27(4)5,20-21-10-8-7-9-11-21)25(2,3)24(29)22-12-14-23(15-13-22)28-16-18-30-19-17-28;1-18-16(19-2,14-11-7-4-8-12-14)15(17)13-9-5-3-6-10-13;1-15(2,16-8-10-18-11-9-16)14(17)12-4-6-13(19-3)7-5-12;14-12(11-7-3-1-4-8-11)13(15)9-5-2-6-10-13;1-10(2,12)9(11)8-6-4-3-5-7-8/h7-15H,6,16-20H2,1-5H3;3-12H,1-2H3;4-7H,8-11H2,1-3H3;1,3-4,7-8,15H,2,5-6,9-10H2;3-7,12H,1-2H3. The third kappa shape index (κ3) is 20.2. The number of benzene rings is 7. The molecule has 14 nitrogen and oxygen atoms in total. The molecular formula is C80H101N3O11S. The summed E-state index contributed by atoms with van der Waals surface area (Å²) in [5.41, 5.74) is 2.71. The number of methoxy groups -OCH3 is 2. The number of nitrogens with zero attached hydrogens (tertiary/aromatic N) is 3. The molecule has 1 atom stereocenters. The summed E-state index contributed by atoms with van der Waals surface area (Å²) in [6.07, 6.45) is 8.02. The van der Waals surface area contributed by atoms with Crippen molar-refractivity contribution in [2.24, 2.45) is 5.41 Å². The molecule has 3 aliphatic rings. The number of ether oxygens (including phenoxy) is 4. The molecule has 3 fully saturated rings. The van der Waals surface area contributed by atoms with Crippen molar-refractivity contribution in [1.82, 2.24) is 9.80 Å². The Morgan fingerprint density at radius 2 is 0.937 bits per heavy atom. The normalized spacial score (nSPS) is 15.7. The van der Waals surface area contributed by atoms with Crippen molar-refractivity contribution in [1.29, 1.82) is 0 Å². The number of morpholine rings is 2. The highest BCUT2D eigenvalue weighted by molar-refractivity contribution is 7.98. The maximum atomic E-state index is 13.8. The van der Waals surface area contributed by atoms with Gasteiger partial charge in [0.25, 0.3) is 5.79 Å². The number of carbonyl (C=O) groups is 5. The lowest BCUT2D eigenvalue weighted by Gasteiger charge is -2.50. The van der Waals surface area contributed by atoms with Crippen molar-refractivity contribution < 1.29 is 53.1 Å². The second-order valence-electron chi connectivity index (χ2n) is 25.9. The van der Waals surface area contributed by atoms with Crippen LogP contribution in [0.2, 0.25) is 0 Å². The van der Waals surface area contributed by atoms with E-state index >= 15 is 0 Å². The molecular weight excluding hydrogens is 1210 g/mol. The van der Waals surface area contributed by atoms with Crippen LogP contribution >= 0.6 is 11.8 Å². The predicted octanol–water partition coefficient (Wildman–Crippen LogP) is 14.6. The Labute approximate surface area is 569 Å². The summed E-state index contributed by atoms with van der Waals surface area (Å²) in [4.78, 5) is 70.6. The molecule has 0 amide bonds. The van der Waals surface area contributed by atoms with Crippen molar-refractivity contribution in [3.8, 4) is 0 Å². The lowest BCUT2D eigenvalue weighted by molar-refractivity contribution is -0.176. The SMILES string of the molecule is CC(C)(O)C(=O)c1ccccc1.CCC(Cc1ccccc1)(N(C)C)C(C)(C)C(=O)c1ccc(N2CCOCC2)cc1.COC(OC)(C(=O)c1ccccc1)c1ccccc1.CSc1ccc(C(=O)C(C)(C)N2CCOCC2)cc1.O=C(c1ccccc1)C1(O)CCCCC1. The summed E-state index contributed by atoms with van der Waals surface area (Å²) in [5.74, 6) is -1.59. The second kappa shape index (κ2) is 36.2. The molecule has 2 saturated heterocycles. The Morgan fingerprint density at radius 1 is 0.526 bits per heavy atom. The van der Waals surface area contributed by atoms with Gasteiger partial charge in [0.1, 0.15) is 11.2 Å². The van der Waals surface area contributed by atoms with Crippen LogP contribution in [0.15, 0.2) is 205 Å². The van der Waals surface area contributed by atoms with E-state index in [-0.39, 0.29) is 34.5 Å². The Kier molecular flexibility index (Phi) is 29.2. The summed E-state index contributed by atoms with van der Waals surface area (Å²) < 4.78 is 21.6. The Hall–Kier alpha value is -7.28. The third-order valence-corrected chi connectivity index (χ3v) is 19.3. The summed E-state index contributed by atoms with van der Waals surface area (Å²) >= 11 is 1.69. The number of hydrogen-bond acceptors (Lipinski definition) is 15. The number of Topliss-reactive ketones (excluding diaryl/α,β-unsaturated/α-hetero) is 5. The maximum Gasteiger partial charge on any atom is 0.260 e. The molecule has 0 spiro atoms. The minimum Gasteiger partial charge on any atom is -0.382 e. The first-order valence-corrected chi connectivity index (χ1v) is 34.2. The number of carbonyl (C=O) groups excluding carboxylic acids is 5. The predicted molar refractivity (Wildman–Crippen MR) is 382 cm³/mol. The van der Waals surface area contributed by atoms with Crippen molar-refractivity contribution in [3.05, 3.63) is 239 Å². The summed E-state index contributed by atoms with van der Waals surface area (Å²) in [7, 11) is 7.14. The second-order valence-corrected chi connectivity index (χ2v) is 26.8. The van der Waals surface area contributed by atoms with Gasteiger partial charge in [0.2, 0.25) is 5.78 Å². The van der Waals surface area contributed by atoms with E-state index in [0.717, 1.165) is 88.3 Å². The van der Waals surface area contributed by atoms with Crippen LogP contribution in [0.4, 0.5) is 5.69 Å². The molecule has 15 heteroatoms. The topological polar surface area (TPSA) is 172 Å². The van der Waals surface area contributed by atoms with Crippen LogP contribution in [0.1, 0.15) is 150 Å². The van der Waals surface area contributed by atoms with Gasteiger partial charge in [0.15, 0.2) is 23.1 Å². The fourth-order valence-corrected chi connectivity index (χ4v) is 13.0. The van der Waals surface area contributed by atoms with Gasteiger partial charge in [0, 0.05) is 95.3 Å². The van der Waals surface area contributed by atoms with E-state index in [1.807, 2.05) is 135 Å². The van der Waals surface area contributed by atoms with Crippen molar-refractivity contribution in [2.45, 2.75) is 126 Å². The number of rotatable bonds is 21. The molecule has 0 bridgehead atoms. The average Bonchev–Trinajstić information content (AvgIpc) is 0.767. The van der Waals surface area contributed by atoms with E-state index in [0.29, 0.717) is 48.3 Å². The average molecular weight is 1310 g/mol. The first-order chi connectivity index (χ1) is 45.3. The molecule has 7 aromatic rings. The van der Waals surface area contributed by atoms with Gasteiger partial charge >= 0.3 is 0 Å². The zero-order chi connectivity index (χ0) is 69.3. The highest BCUT2D eigenvalue weighted by atomic mass is 32.2. The quantitative estimate of drug-likeness (QED) is 0.0395. The highest BCUT2D eigenvalue weighted by Crippen LogP contribution is 2.43. The number of aliphatic hydroxyl groups is 2. The van der Waals surface area contributed by atoms with Crippen LogP contribution < -0.4 is 4.90 Å². The first kappa shape index (κ1) is 76.7. The minimum absolute atomic E-state index is 0.109. The van der Waals surface area contributed by atoms with E-state index in [4.69, 9.17) is 18.9 Å². The fraction of sp³-hybridized carbons (Fsp3) is 0.412. The van der Waals surface area contributed by atoms with Crippen LogP contribution in [-0.2, 0) is 31.2 Å². The van der Waals surface area contributed by atoms with Gasteiger partial charge in [0.05, 0.1) is 32.0 Å². The van der Waals surface area contributed by atoms with E-state index in [2.05, 4.69) is 86.0 Å². The third-order valence-electron chi connectivity index (χ3n) is 18.5. The molecule has 508 valence electrons. The van der Waals surface area contributed by atoms with Crippen molar-refractivity contribution in [3.63, 3.8) is 0 Å². The number of likely N-dealkylation sites (N-methyl/N-ethyl adjacent to an activating group) is 1. The van der Waals surface area contributed by atoms with Crippen LogP contribution in [-0.4, -0.2) is 158 Å². The monoisotopic (exact) mass is 1310 g/mol. The number of anilines is 1. The molecule has 2 aliphatic heterocycles. The van der Waals surface area contributed by atoms with Crippen molar-refractivity contribution in [2.75, 3.05) is 92.1 Å². The van der Waals surface area contributed by atoms with Crippen molar-refractivity contribution >= 4 is 46.4 Å². The molecule has 1 aliphatic carbocycles. The lowest BCUT2D eigenvalue weighted by Crippen LogP contribution is -2.59. The van der Waals surface area contributed by atoms with Gasteiger partial charge in [-0.25, -0.2) is 0 Å². The lowest BCUT2D eigenvalue weighted by atomic mass is 9.63. The molecule has 10 rings (SSSR count). The molecule has 7 aromatic carbocycles. The van der Waals surface area contributed by atoms with E-state index in [9.17, 15) is 34.2 Å². The van der Waals surface area contributed by atoms with Crippen LogP contribution in [0, 0.1) is 5.41 Å². The van der Waals surface area contributed by atoms with Gasteiger partial charge in [-0.2, -0.15) is 0 Å². The van der Waals surface area contributed by atoms with Gasteiger partial charge in [-0.1, -0.05) is 204 Å². The molecule has 2 heterocycles. The molecule has 2 N–H and O–H groups in total. The van der Waals surface area contributed by atoms with Crippen LogP contribution in [0.25, 0.3) is 0 Å². The minimum atomic E-state index is -1.40.